The minimum atomic E-state index is -3.85. The van der Waals surface area contributed by atoms with Gasteiger partial charge in [0.2, 0.25) is 0 Å². The van der Waals surface area contributed by atoms with E-state index in [9.17, 15) is 13.2 Å². The lowest BCUT2D eigenvalue weighted by atomic mass is 10.1. The molecule has 2 rings (SSSR count). The molecule has 122 valence electrons. The van der Waals surface area contributed by atoms with Gasteiger partial charge in [-0.1, -0.05) is 23.8 Å². The summed E-state index contributed by atoms with van der Waals surface area (Å²) in [6, 6.07) is 10.9. The third-order valence-corrected chi connectivity index (χ3v) is 4.49. The van der Waals surface area contributed by atoms with Crippen LogP contribution in [0.1, 0.15) is 21.5 Å². The zero-order valence-electron chi connectivity index (χ0n) is 12.8. The zero-order chi connectivity index (χ0) is 17.0. The second-order valence-electron chi connectivity index (χ2n) is 4.94. The van der Waals surface area contributed by atoms with Crippen molar-refractivity contribution >= 4 is 21.8 Å². The molecule has 6 nitrogen and oxygen atoms in total. The van der Waals surface area contributed by atoms with Gasteiger partial charge in [0.1, 0.15) is 0 Å². The van der Waals surface area contributed by atoms with Crippen LogP contribution in [0.15, 0.2) is 47.4 Å². The number of carbonyl (C=O) groups is 1. The fraction of sp³-hybridized carbons (Fsp3) is 0.188. The van der Waals surface area contributed by atoms with Crippen LogP contribution in [0.25, 0.3) is 0 Å². The molecule has 0 aromatic heterocycles. The first-order valence-corrected chi connectivity index (χ1v) is 8.17. The van der Waals surface area contributed by atoms with Gasteiger partial charge in [-0.25, -0.2) is 4.79 Å². The molecule has 0 aliphatic heterocycles. The minimum Gasteiger partial charge on any atom is -0.465 e. The van der Waals surface area contributed by atoms with Crippen LogP contribution >= 0.6 is 0 Å². The van der Waals surface area contributed by atoms with Gasteiger partial charge < -0.3 is 10.5 Å². The Kier molecular flexibility index (Phi) is 5.02. The first-order valence-electron chi connectivity index (χ1n) is 6.76. The largest absolute Gasteiger partial charge is 0.465 e. The Balaban J connectivity index is 2.13. The van der Waals surface area contributed by atoms with E-state index in [0.29, 0.717) is 5.56 Å². The third-order valence-electron chi connectivity index (χ3n) is 3.21. The molecule has 0 radical (unpaired) electrons. The highest BCUT2D eigenvalue weighted by atomic mass is 32.2. The summed E-state index contributed by atoms with van der Waals surface area (Å²) in [5, 5.41) is 0. The molecule has 0 aliphatic rings. The quantitative estimate of drug-likeness (QED) is 0.511. The molecule has 2 N–H and O–H groups in total. The highest BCUT2D eigenvalue weighted by molar-refractivity contribution is 7.86. The lowest BCUT2D eigenvalue weighted by Crippen LogP contribution is -2.08. The van der Waals surface area contributed by atoms with Crippen LogP contribution in [0.5, 0.6) is 0 Å². The van der Waals surface area contributed by atoms with Gasteiger partial charge in [0, 0.05) is 5.69 Å². The van der Waals surface area contributed by atoms with Crippen molar-refractivity contribution in [3.05, 3.63) is 59.2 Å². The molecule has 0 spiro atoms. The summed E-state index contributed by atoms with van der Waals surface area (Å²) >= 11 is 0. The van der Waals surface area contributed by atoms with Crippen molar-refractivity contribution in [3.8, 4) is 0 Å². The first-order chi connectivity index (χ1) is 10.8. The number of nitrogens with two attached hydrogens (primary N) is 1. The Bertz CT molecular complexity index is 813. The van der Waals surface area contributed by atoms with Crippen molar-refractivity contribution in [1.29, 1.82) is 0 Å². The molecular weight excluding hydrogens is 318 g/mol. The third kappa shape index (κ3) is 4.08. The minimum absolute atomic E-state index is 0.0854. The van der Waals surface area contributed by atoms with Gasteiger partial charge >= 0.3 is 5.97 Å². The lowest BCUT2D eigenvalue weighted by molar-refractivity contribution is 0.0602. The summed E-state index contributed by atoms with van der Waals surface area (Å²) in [6.07, 6.45) is 0. The molecule has 2 aromatic carbocycles. The second kappa shape index (κ2) is 6.80. The van der Waals surface area contributed by atoms with Gasteiger partial charge in [0.25, 0.3) is 10.1 Å². The molecule has 0 aliphatic carbocycles. The van der Waals surface area contributed by atoms with Gasteiger partial charge in [-0.2, -0.15) is 8.42 Å². The van der Waals surface area contributed by atoms with E-state index in [-0.39, 0.29) is 22.8 Å². The monoisotopic (exact) mass is 335 g/mol. The SMILES string of the molecule is COC(=O)c1ccc(COS(=O)(=O)c2ccc(C)cc2)cc1N. The number of hydrogen-bond acceptors (Lipinski definition) is 6. The van der Waals surface area contributed by atoms with Gasteiger partial charge in [-0.05, 0) is 36.8 Å². The zero-order valence-corrected chi connectivity index (χ0v) is 13.6. The Morgan fingerprint density at radius 3 is 2.35 bits per heavy atom. The molecule has 0 amide bonds. The molecule has 7 heteroatoms. The van der Waals surface area contributed by atoms with Crippen LogP contribution in [-0.4, -0.2) is 21.5 Å². The number of nitrogen functional groups attached to an aromatic ring is 1. The molecule has 0 atom stereocenters. The maximum atomic E-state index is 12.1. The number of ether oxygens (including phenoxy) is 1. The summed E-state index contributed by atoms with van der Waals surface area (Å²) < 4.78 is 33.8. The lowest BCUT2D eigenvalue weighted by Gasteiger charge is -2.08. The molecule has 0 unspecified atom stereocenters. The summed E-state index contributed by atoms with van der Waals surface area (Å²) in [7, 11) is -2.59. The van der Waals surface area contributed by atoms with Gasteiger partial charge in [0.05, 0.1) is 24.2 Å². The number of hydrogen-bond donors (Lipinski definition) is 1. The number of methoxy groups -OCH3 is 1. The Morgan fingerprint density at radius 1 is 1.13 bits per heavy atom. The Hall–Kier alpha value is -2.38. The van der Waals surface area contributed by atoms with E-state index in [0.717, 1.165) is 5.56 Å². The van der Waals surface area contributed by atoms with E-state index in [2.05, 4.69) is 4.74 Å². The number of benzene rings is 2. The number of aryl methyl sites for hydroxylation is 1. The van der Waals surface area contributed by atoms with E-state index in [1.807, 2.05) is 6.92 Å². The Morgan fingerprint density at radius 2 is 1.78 bits per heavy atom. The van der Waals surface area contributed by atoms with Crippen molar-refractivity contribution in [2.24, 2.45) is 0 Å². The first kappa shape index (κ1) is 17.0. The maximum absolute atomic E-state index is 12.1. The van der Waals surface area contributed by atoms with E-state index in [4.69, 9.17) is 9.92 Å². The highest BCUT2D eigenvalue weighted by Gasteiger charge is 2.16. The smallest absolute Gasteiger partial charge is 0.339 e. The van der Waals surface area contributed by atoms with Crippen molar-refractivity contribution in [3.63, 3.8) is 0 Å². The van der Waals surface area contributed by atoms with Crippen LogP contribution < -0.4 is 5.73 Å². The number of esters is 1. The Labute approximate surface area is 135 Å². The normalized spacial score (nSPS) is 11.2. The molecule has 2 aromatic rings. The molecular formula is C16H17NO5S. The van der Waals surface area contributed by atoms with Crippen LogP contribution in [0, 0.1) is 6.92 Å². The second-order valence-corrected chi connectivity index (χ2v) is 6.56. The average molecular weight is 335 g/mol. The van der Waals surface area contributed by atoms with Crippen LogP contribution in [0.4, 0.5) is 5.69 Å². The molecule has 0 bridgehead atoms. The summed E-state index contributed by atoms with van der Waals surface area (Å²) in [6.45, 7) is 1.69. The van der Waals surface area contributed by atoms with Crippen LogP contribution in [-0.2, 0) is 25.6 Å². The van der Waals surface area contributed by atoms with Gasteiger partial charge in [-0.15, -0.1) is 0 Å². The van der Waals surface area contributed by atoms with E-state index >= 15 is 0 Å². The molecule has 0 saturated carbocycles. The number of anilines is 1. The van der Waals surface area contributed by atoms with Gasteiger partial charge in [-0.3, -0.25) is 4.18 Å². The molecule has 23 heavy (non-hydrogen) atoms. The van der Waals surface area contributed by atoms with Crippen molar-refractivity contribution in [1.82, 2.24) is 0 Å². The van der Waals surface area contributed by atoms with E-state index in [1.165, 1.54) is 31.4 Å². The summed E-state index contributed by atoms with van der Waals surface area (Å²) in [5.74, 6) is -0.553. The summed E-state index contributed by atoms with van der Waals surface area (Å²) in [4.78, 5) is 11.5. The topological polar surface area (TPSA) is 95.7 Å². The van der Waals surface area contributed by atoms with Crippen LogP contribution in [0.3, 0.4) is 0 Å². The van der Waals surface area contributed by atoms with Crippen LogP contribution in [0.2, 0.25) is 0 Å². The molecule has 0 saturated heterocycles. The fourth-order valence-electron chi connectivity index (χ4n) is 1.92. The summed E-state index contributed by atoms with van der Waals surface area (Å²) in [5.41, 5.74) is 7.67. The van der Waals surface area contributed by atoms with E-state index in [1.54, 1.807) is 18.2 Å². The maximum Gasteiger partial charge on any atom is 0.339 e. The fourth-order valence-corrected chi connectivity index (χ4v) is 2.81. The van der Waals surface area contributed by atoms with Crippen molar-refractivity contribution in [2.75, 3.05) is 12.8 Å². The van der Waals surface area contributed by atoms with Crippen molar-refractivity contribution < 1.29 is 22.1 Å². The number of rotatable bonds is 5. The predicted molar refractivity (Wildman–Crippen MR) is 85.3 cm³/mol. The van der Waals surface area contributed by atoms with E-state index < -0.39 is 16.1 Å². The van der Waals surface area contributed by atoms with Gasteiger partial charge in [0.15, 0.2) is 0 Å². The highest BCUT2D eigenvalue weighted by Crippen LogP contribution is 2.19. The average Bonchev–Trinajstić information content (AvgIpc) is 2.53. The van der Waals surface area contributed by atoms with Crippen molar-refractivity contribution in [2.45, 2.75) is 18.4 Å². The number of carbonyl (C=O) groups excluding carboxylic acids is 1. The molecule has 0 fully saturated rings. The standard InChI is InChI=1S/C16H17NO5S/c1-11-3-6-13(7-4-11)23(19,20)22-10-12-5-8-14(15(17)9-12)16(18)21-2/h3-9H,10,17H2,1-2H3. The predicted octanol–water partition coefficient (Wildman–Crippen LogP) is 2.27. The molecule has 0 heterocycles.